The van der Waals surface area contributed by atoms with Crippen LogP contribution in [0.1, 0.15) is 29.8 Å². The van der Waals surface area contributed by atoms with E-state index in [1.54, 1.807) is 54.6 Å². The summed E-state index contributed by atoms with van der Waals surface area (Å²) in [4.78, 5) is 13.3. The lowest BCUT2D eigenvalue weighted by atomic mass is 10.0. The molecule has 0 aliphatic heterocycles. The number of hydrogen-bond acceptors (Lipinski definition) is 7. The number of ether oxygens (including phenoxy) is 1. The zero-order valence-corrected chi connectivity index (χ0v) is 24.8. The normalized spacial score (nSPS) is 11.6. The molecule has 4 aromatic rings. The first kappa shape index (κ1) is 30.5. The number of benzene rings is 4. The van der Waals surface area contributed by atoms with Crippen LogP contribution in [-0.2, 0) is 19.9 Å². The predicted molar refractivity (Wildman–Crippen MR) is 161 cm³/mol. The van der Waals surface area contributed by atoms with E-state index in [1.165, 1.54) is 36.4 Å². The summed E-state index contributed by atoms with van der Waals surface area (Å²) in [5, 5.41) is 11.9. The van der Waals surface area contributed by atoms with E-state index < -0.39 is 25.8 Å². The van der Waals surface area contributed by atoms with Gasteiger partial charge in [-0.15, -0.1) is 0 Å². The summed E-state index contributed by atoms with van der Waals surface area (Å²) in [7, 11) is -7.18. The van der Waals surface area contributed by atoms with E-state index in [2.05, 4.69) is 10.0 Å². The van der Waals surface area contributed by atoms with E-state index >= 15 is 0 Å². The van der Waals surface area contributed by atoms with Crippen molar-refractivity contribution in [1.82, 2.24) is 4.72 Å². The van der Waals surface area contributed by atoms with Gasteiger partial charge in [0, 0.05) is 18.4 Å². The molecule has 9 nitrogen and oxygen atoms in total. The van der Waals surface area contributed by atoms with Crippen molar-refractivity contribution in [3.8, 4) is 28.7 Å². The number of rotatable bonds is 10. The van der Waals surface area contributed by atoms with E-state index in [-0.39, 0.29) is 27.1 Å². The molecular formula is C31H29N3O6S2. The van der Waals surface area contributed by atoms with Gasteiger partial charge in [-0.2, -0.15) is 5.26 Å². The van der Waals surface area contributed by atoms with Crippen molar-refractivity contribution in [3.05, 3.63) is 102 Å². The van der Waals surface area contributed by atoms with E-state index in [0.29, 0.717) is 23.4 Å². The monoisotopic (exact) mass is 603 g/mol. The van der Waals surface area contributed by atoms with E-state index in [4.69, 9.17) is 4.74 Å². The number of amides is 1. The Bertz CT molecular complexity index is 1860. The van der Waals surface area contributed by atoms with Crippen molar-refractivity contribution in [2.45, 2.75) is 23.6 Å². The van der Waals surface area contributed by atoms with E-state index in [9.17, 15) is 26.9 Å². The van der Waals surface area contributed by atoms with Crippen LogP contribution in [0.5, 0.6) is 11.5 Å². The lowest BCUT2D eigenvalue weighted by molar-refractivity contribution is 0.102. The molecule has 4 aromatic carbocycles. The molecule has 0 spiro atoms. The van der Waals surface area contributed by atoms with Crippen LogP contribution >= 0.6 is 0 Å². The van der Waals surface area contributed by atoms with Gasteiger partial charge in [0.2, 0.25) is 10.0 Å². The minimum Gasteiger partial charge on any atom is -0.455 e. The lowest BCUT2D eigenvalue weighted by Gasteiger charge is -2.14. The smallest absolute Gasteiger partial charge is 0.255 e. The molecule has 0 heterocycles. The van der Waals surface area contributed by atoms with Crippen LogP contribution in [0.3, 0.4) is 0 Å². The van der Waals surface area contributed by atoms with Crippen LogP contribution in [0, 0.1) is 17.2 Å². The summed E-state index contributed by atoms with van der Waals surface area (Å²) >= 11 is 0. The first-order valence-electron chi connectivity index (χ1n) is 12.9. The molecule has 0 aliphatic carbocycles. The first-order valence-corrected chi connectivity index (χ1v) is 16.3. The standard InChI is InChI=1S/C31H29N3O6S2/c1-21(2)20-33-42(38,39)27-13-11-24(12-14-27)23-7-9-25(10-8-23)31(35)34-29-18-28(41(3,36)37)15-16-30(29)40-26-6-4-5-22(17-26)19-32/h4-18,21,33H,20H2,1-3H3,(H,34,35). The van der Waals surface area contributed by atoms with Crippen LogP contribution in [0.2, 0.25) is 0 Å². The second kappa shape index (κ2) is 12.6. The minimum absolute atomic E-state index is 0.00357. The molecule has 0 unspecified atom stereocenters. The summed E-state index contributed by atoms with van der Waals surface area (Å²) in [5.41, 5.74) is 2.35. The predicted octanol–water partition coefficient (Wildman–Crippen LogP) is 5.61. The molecule has 0 fully saturated rings. The van der Waals surface area contributed by atoms with E-state index in [1.807, 2.05) is 19.9 Å². The van der Waals surface area contributed by atoms with Crippen molar-refractivity contribution >= 4 is 31.5 Å². The molecule has 42 heavy (non-hydrogen) atoms. The number of sulfonamides is 1. The Hall–Kier alpha value is -4.50. The van der Waals surface area contributed by atoms with Crippen molar-refractivity contribution in [2.24, 2.45) is 5.92 Å². The third kappa shape index (κ3) is 7.61. The average molecular weight is 604 g/mol. The highest BCUT2D eigenvalue weighted by molar-refractivity contribution is 7.90. The molecule has 2 N–H and O–H groups in total. The van der Waals surface area contributed by atoms with Gasteiger partial charge in [0.25, 0.3) is 5.91 Å². The fraction of sp³-hybridized carbons (Fsp3) is 0.161. The Kier molecular flexibility index (Phi) is 9.11. The quantitative estimate of drug-likeness (QED) is 0.240. The van der Waals surface area contributed by atoms with Crippen molar-refractivity contribution in [2.75, 3.05) is 18.1 Å². The Balaban J connectivity index is 1.55. The highest BCUT2D eigenvalue weighted by atomic mass is 32.2. The lowest BCUT2D eigenvalue weighted by Crippen LogP contribution is -2.27. The number of carbonyl (C=O) groups excluding carboxylic acids is 1. The Morgan fingerprint density at radius 1 is 0.857 bits per heavy atom. The van der Waals surface area contributed by atoms with Gasteiger partial charge in [0.1, 0.15) is 5.75 Å². The largest absolute Gasteiger partial charge is 0.455 e. The number of nitrogens with zero attached hydrogens (tertiary/aromatic N) is 1. The maximum absolute atomic E-state index is 13.2. The average Bonchev–Trinajstić information content (AvgIpc) is 2.96. The molecule has 4 rings (SSSR count). The Morgan fingerprint density at radius 3 is 2.07 bits per heavy atom. The summed E-state index contributed by atoms with van der Waals surface area (Å²) < 4.78 is 57.8. The van der Waals surface area contributed by atoms with Gasteiger partial charge in [-0.05, 0) is 77.7 Å². The molecule has 216 valence electrons. The van der Waals surface area contributed by atoms with Gasteiger partial charge < -0.3 is 10.1 Å². The fourth-order valence-corrected chi connectivity index (χ4v) is 5.74. The van der Waals surface area contributed by atoms with Gasteiger partial charge in [-0.1, -0.05) is 44.2 Å². The van der Waals surface area contributed by atoms with Crippen LogP contribution in [0.15, 0.2) is 101 Å². The third-order valence-corrected chi connectivity index (χ3v) is 8.69. The van der Waals surface area contributed by atoms with Crippen molar-refractivity contribution < 1.29 is 26.4 Å². The zero-order chi connectivity index (χ0) is 30.5. The molecule has 0 saturated carbocycles. The highest BCUT2D eigenvalue weighted by Gasteiger charge is 2.17. The molecule has 0 atom stereocenters. The summed E-state index contributed by atoms with van der Waals surface area (Å²) in [6, 6.07) is 25.7. The molecule has 11 heteroatoms. The molecule has 0 radical (unpaired) electrons. The Morgan fingerprint density at radius 2 is 1.48 bits per heavy atom. The second-order valence-electron chi connectivity index (χ2n) is 9.97. The summed E-state index contributed by atoms with van der Waals surface area (Å²) in [6.45, 7) is 4.19. The zero-order valence-electron chi connectivity index (χ0n) is 23.2. The van der Waals surface area contributed by atoms with Gasteiger partial charge in [0.15, 0.2) is 15.6 Å². The maximum atomic E-state index is 13.2. The van der Waals surface area contributed by atoms with E-state index in [0.717, 1.165) is 17.4 Å². The molecule has 1 amide bonds. The number of nitrogens with one attached hydrogen (secondary N) is 2. The SMILES string of the molecule is CC(C)CNS(=O)(=O)c1ccc(-c2ccc(C(=O)Nc3cc(S(C)(=O)=O)ccc3Oc3cccc(C#N)c3)cc2)cc1. The fourth-order valence-electron chi connectivity index (χ4n) is 3.88. The molecule has 0 bridgehead atoms. The summed E-state index contributed by atoms with van der Waals surface area (Å²) in [6.07, 6.45) is 1.06. The molecule has 0 aromatic heterocycles. The number of anilines is 1. The Labute approximate surface area is 245 Å². The number of carbonyl (C=O) groups is 1. The van der Waals surface area contributed by atoms with Crippen LogP contribution in [0.4, 0.5) is 5.69 Å². The number of nitriles is 1. The second-order valence-corrected chi connectivity index (χ2v) is 13.8. The molecule has 0 aliphatic rings. The third-order valence-electron chi connectivity index (χ3n) is 6.14. The first-order chi connectivity index (χ1) is 19.9. The topological polar surface area (TPSA) is 142 Å². The minimum atomic E-state index is -3.61. The van der Waals surface area contributed by atoms with Crippen molar-refractivity contribution in [1.29, 1.82) is 5.26 Å². The van der Waals surface area contributed by atoms with Gasteiger partial charge in [-0.3, -0.25) is 4.79 Å². The number of sulfone groups is 1. The van der Waals surface area contributed by atoms with Crippen LogP contribution in [0.25, 0.3) is 11.1 Å². The maximum Gasteiger partial charge on any atom is 0.255 e. The van der Waals surface area contributed by atoms with Gasteiger partial charge in [-0.25, -0.2) is 21.6 Å². The van der Waals surface area contributed by atoms with Gasteiger partial charge in [0.05, 0.1) is 27.1 Å². The van der Waals surface area contributed by atoms with Crippen LogP contribution < -0.4 is 14.8 Å². The van der Waals surface area contributed by atoms with Crippen molar-refractivity contribution in [3.63, 3.8) is 0 Å². The molecular weight excluding hydrogens is 574 g/mol. The number of hydrogen-bond donors (Lipinski definition) is 2. The summed E-state index contributed by atoms with van der Waals surface area (Å²) in [5.74, 6) is 0.218. The highest BCUT2D eigenvalue weighted by Crippen LogP contribution is 2.33. The van der Waals surface area contributed by atoms with Crippen LogP contribution in [-0.4, -0.2) is 35.5 Å². The molecule has 0 saturated heterocycles. The van der Waals surface area contributed by atoms with Gasteiger partial charge >= 0.3 is 0 Å².